The largest absolute Gasteiger partial charge is 0.481 e. The molecular formula is C38H40F6N2O5. The third kappa shape index (κ3) is 7.86. The van der Waals surface area contributed by atoms with E-state index in [4.69, 9.17) is 14.2 Å². The van der Waals surface area contributed by atoms with Gasteiger partial charge < -0.3 is 14.2 Å². The molecule has 1 aliphatic carbocycles. The van der Waals surface area contributed by atoms with Crippen LogP contribution in [0.2, 0.25) is 0 Å². The van der Waals surface area contributed by atoms with Crippen LogP contribution in [0.4, 0.5) is 31.1 Å². The lowest BCUT2D eigenvalue weighted by molar-refractivity contribution is -0.143. The zero-order chi connectivity index (χ0) is 37.6. The van der Waals surface area contributed by atoms with Crippen molar-refractivity contribution >= 4 is 17.6 Å². The van der Waals surface area contributed by atoms with Crippen LogP contribution in [-0.4, -0.2) is 48.8 Å². The first-order valence-electron chi connectivity index (χ1n) is 16.5. The van der Waals surface area contributed by atoms with Crippen molar-refractivity contribution < 1.29 is 50.1 Å². The van der Waals surface area contributed by atoms with E-state index >= 15 is 0 Å². The Morgan fingerprint density at radius 2 is 1.65 bits per heavy atom. The third-order valence-electron chi connectivity index (χ3n) is 9.64. The number of nitrogens with zero attached hydrogens (tertiary/aromatic N) is 2. The van der Waals surface area contributed by atoms with Crippen molar-refractivity contribution in [3.05, 3.63) is 87.6 Å². The minimum Gasteiger partial charge on any atom is -0.481 e. The normalized spacial score (nSPS) is 19.4. The molecule has 2 aromatic carbocycles. The number of allylic oxidation sites excluding steroid dienone is 1. The highest BCUT2D eigenvalue weighted by atomic mass is 19.4. The van der Waals surface area contributed by atoms with Gasteiger partial charge in [0.25, 0.3) is 0 Å². The van der Waals surface area contributed by atoms with E-state index in [1.54, 1.807) is 25.3 Å². The number of hydrogen-bond acceptors (Lipinski definition) is 6. The second-order valence-electron chi connectivity index (χ2n) is 14.2. The molecule has 2 aliphatic rings. The van der Waals surface area contributed by atoms with Gasteiger partial charge in [0.05, 0.1) is 37.0 Å². The molecule has 0 radical (unpaired) electrons. The standard InChI is InChI=1S/C38H40F6N2O5/c1-20(2)30-14-22(34(47)50-7)8-9-28(30)24-15-31(33(49-6)45-18-24)29-10-11-36(4,5)17-25(29)19-46-21(3)32(51-35(46)48)23-12-26(37(39,40)41)16-27(13-23)38(42,43)44/h8-9,12-16,18,20-21,32H,10-11,17,19H2,1-7H3/t21-,32?/m0/s1. The molecule has 7 nitrogen and oxygen atoms in total. The van der Waals surface area contributed by atoms with Gasteiger partial charge in [0.1, 0.15) is 6.10 Å². The van der Waals surface area contributed by atoms with Crippen LogP contribution in [0.3, 0.4) is 0 Å². The molecule has 0 bridgehead atoms. The topological polar surface area (TPSA) is 78.0 Å². The molecule has 0 N–H and O–H groups in total. The fourth-order valence-electron chi connectivity index (χ4n) is 6.92. The molecule has 1 unspecified atom stereocenters. The molecule has 1 amide bonds. The number of amides is 1. The predicted octanol–water partition coefficient (Wildman–Crippen LogP) is 10.3. The lowest BCUT2D eigenvalue weighted by Crippen LogP contribution is -2.35. The Labute approximate surface area is 292 Å². The van der Waals surface area contributed by atoms with Crippen LogP contribution in [0.1, 0.15) is 104 Å². The smallest absolute Gasteiger partial charge is 0.416 e. The minimum atomic E-state index is -5.05. The van der Waals surface area contributed by atoms with Crippen LogP contribution in [0.5, 0.6) is 5.88 Å². The van der Waals surface area contributed by atoms with E-state index in [2.05, 4.69) is 18.8 Å². The lowest BCUT2D eigenvalue weighted by Gasteiger charge is -2.35. The Bertz CT molecular complexity index is 1830. The number of methoxy groups -OCH3 is 2. The van der Waals surface area contributed by atoms with Crippen molar-refractivity contribution in [3.8, 4) is 17.0 Å². The Hall–Kier alpha value is -4.55. The summed E-state index contributed by atoms with van der Waals surface area (Å²) in [6, 6.07) is 7.64. The van der Waals surface area contributed by atoms with Gasteiger partial charge in [-0.1, -0.05) is 33.8 Å². The van der Waals surface area contributed by atoms with Gasteiger partial charge in [-0.15, -0.1) is 0 Å². The third-order valence-corrected chi connectivity index (χ3v) is 9.64. The maximum Gasteiger partial charge on any atom is 0.416 e. The highest BCUT2D eigenvalue weighted by Gasteiger charge is 2.44. The number of carbonyl (C=O) groups excluding carboxylic acids is 2. The van der Waals surface area contributed by atoms with E-state index in [1.165, 1.54) is 19.1 Å². The number of hydrogen-bond donors (Lipinski definition) is 0. The highest BCUT2D eigenvalue weighted by Crippen LogP contribution is 2.47. The molecule has 0 saturated carbocycles. The number of rotatable bonds is 8. The SMILES string of the molecule is COC(=O)c1ccc(-c2cnc(OC)c(C3=C(CN4C(=O)OC(c5cc(C(F)(F)F)cc(C(F)(F)F)c5)[C@@H]4C)CC(C)(C)CC3)c2)c(C(C)C)c1. The van der Waals surface area contributed by atoms with Crippen LogP contribution in [0, 0.1) is 5.41 Å². The van der Waals surface area contributed by atoms with Gasteiger partial charge in [0, 0.05) is 23.9 Å². The number of aromatic nitrogens is 1. The zero-order valence-corrected chi connectivity index (χ0v) is 29.4. The molecule has 1 saturated heterocycles. The summed E-state index contributed by atoms with van der Waals surface area (Å²) in [4.78, 5) is 31.6. The molecular weight excluding hydrogens is 678 g/mol. The van der Waals surface area contributed by atoms with E-state index in [0.717, 1.165) is 34.3 Å². The second kappa shape index (κ2) is 13.9. The van der Waals surface area contributed by atoms with Crippen LogP contribution in [0.15, 0.2) is 54.2 Å². The van der Waals surface area contributed by atoms with Crippen LogP contribution in [0.25, 0.3) is 16.7 Å². The Balaban J connectivity index is 1.57. The van der Waals surface area contributed by atoms with E-state index in [9.17, 15) is 35.9 Å². The predicted molar refractivity (Wildman–Crippen MR) is 178 cm³/mol. The van der Waals surface area contributed by atoms with Gasteiger partial charge in [0.15, 0.2) is 0 Å². The Morgan fingerprint density at radius 3 is 2.22 bits per heavy atom. The molecule has 0 spiro atoms. The maximum absolute atomic E-state index is 13.7. The minimum absolute atomic E-state index is 0.0266. The summed E-state index contributed by atoms with van der Waals surface area (Å²) in [7, 11) is 2.82. The summed E-state index contributed by atoms with van der Waals surface area (Å²) >= 11 is 0. The fraction of sp³-hybridized carbons (Fsp3) is 0.447. The molecule has 3 aromatic rings. The molecule has 1 aliphatic heterocycles. The van der Waals surface area contributed by atoms with Crippen LogP contribution in [-0.2, 0) is 21.8 Å². The molecule has 2 atom stereocenters. The number of carbonyl (C=O) groups is 2. The number of alkyl halides is 6. The summed E-state index contributed by atoms with van der Waals surface area (Å²) in [5, 5.41) is 0. The van der Waals surface area contributed by atoms with Gasteiger partial charge in [-0.05, 0) is 102 Å². The van der Waals surface area contributed by atoms with Crippen molar-refractivity contribution in [3.63, 3.8) is 0 Å². The van der Waals surface area contributed by atoms with Crippen molar-refractivity contribution in [1.29, 1.82) is 0 Å². The lowest BCUT2D eigenvalue weighted by atomic mass is 9.72. The van der Waals surface area contributed by atoms with Crippen LogP contribution >= 0.6 is 0 Å². The quantitative estimate of drug-likeness (QED) is 0.170. The first-order valence-corrected chi connectivity index (χ1v) is 16.5. The van der Waals surface area contributed by atoms with Crippen molar-refractivity contribution in [2.24, 2.45) is 5.41 Å². The second-order valence-corrected chi connectivity index (χ2v) is 14.2. The summed E-state index contributed by atoms with van der Waals surface area (Å²) in [5.74, 6) is -0.0655. The molecule has 51 heavy (non-hydrogen) atoms. The molecule has 1 fully saturated rings. The number of halogens is 6. The maximum atomic E-state index is 13.7. The molecule has 2 heterocycles. The number of esters is 1. The number of ether oxygens (including phenoxy) is 3. The van der Waals surface area contributed by atoms with E-state index in [0.29, 0.717) is 42.0 Å². The monoisotopic (exact) mass is 718 g/mol. The van der Waals surface area contributed by atoms with E-state index < -0.39 is 53.3 Å². The number of cyclic esters (lactones) is 1. The zero-order valence-electron chi connectivity index (χ0n) is 29.4. The highest BCUT2D eigenvalue weighted by molar-refractivity contribution is 5.91. The van der Waals surface area contributed by atoms with Gasteiger partial charge in [-0.3, -0.25) is 4.90 Å². The summed E-state index contributed by atoms with van der Waals surface area (Å²) in [5.41, 5.74) is 1.81. The first kappa shape index (κ1) is 37.7. The average Bonchev–Trinajstić information content (AvgIpc) is 3.34. The van der Waals surface area contributed by atoms with Crippen LogP contribution < -0.4 is 4.74 Å². The van der Waals surface area contributed by atoms with Crippen molar-refractivity contribution in [2.75, 3.05) is 20.8 Å². The molecule has 274 valence electrons. The summed E-state index contributed by atoms with van der Waals surface area (Å²) < 4.78 is 98.1. The fourth-order valence-corrected chi connectivity index (χ4v) is 6.92. The average molecular weight is 719 g/mol. The van der Waals surface area contributed by atoms with Crippen molar-refractivity contribution in [2.45, 2.75) is 84.3 Å². The van der Waals surface area contributed by atoms with Gasteiger partial charge in [0.2, 0.25) is 5.88 Å². The Morgan fingerprint density at radius 1 is 1.00 bits per heavy atom. The summed E-state index contributed by atoms with van der Waals surface area (Å²) in [6.07, 6.45) is -8.70. The molecule has 5 rings (SSSR count). The molecule has 13 heteroatoms. The summed E-state index contributed by atoms with van der Waals surface area (Å²) in [6.45, 7) is 9.76. The number of pyridine rings is 1. The Kier molecular flexibility index (Phi) is 10.3. The van der Waals surface area contributed by atoms with Crippen molar-refractivity contribution in [1.82, 2.24) is 9.88 Å². The molecule has 1 aromatic heterocycles. The first-order chi connectivity index (χ1) is 23.7. The van der Waals surface area contributed by atoms with Gasteiger partial charge in [-0.25, -0.2) is 14.6 Å². The van der Waals surface area contributed by atoms with E-state index in [1.807, 2.05) is 26.0 Å². The van der Waals surface area contributed by atoms with E-state index in [-0.39, 0.29) is 23.9 Å². The van der Waals surface area contributed by atoms with Gasteiger partial charge >= 0.3 is 24.4 Å². The number of benzene rings is 2. The van der Waals surface area contributed by atoms with Gasteiger partial charge in [-0.2, -0.15) is 26.3 Å².